The molecule has 0 aromatic carbocycles. The van der Waals surface area contributed by atoms with Crippen molar-refractivity contribution in [3.8, 4) is 0 Å². The zero-order chi connectivity index (χ0) is 15.3. The molecule has 0 bridgehead atoms. The Morgan fingerprint density at radius 1 is 1.24 bits per heavy atom. The third-order valence-corrected chi connectivity index (χ3v) is 4.06. The first-order valence-electron chi connectivity index (χ1n) is 7.70. The molecule has 2 fully saturated rings. The van der Waals surface area contributed by atoms with Gasteiger partial charge in [-0.05, 0) is 25.8 Å². The molecule has 3 N–H and O–H groups in total. The Balaban J connectivity index is 1.78. The Kier molecular flexibility index (Phi) is 5.17. The fraction of sp³-hybridized carbons (Fsp3) is 0.786. The van der Waals surface area contributed by atoms with Crippen LogP contribution < -0.4 is 16.0 Å². The molecule has 21 heavy (non-hydrogen) atoms. The van der Waals surface area contributed by atoms with Gasteiger partial charge >= 0.3 is 6.03 Å². The average molecular weight is 296 g/mol. The van der Waals surface area contributed by atoms with E-state index < -0.39 is 11.6 Å². The van der Waals surface area contributed by atoms with Crippen LogP contribution in [0.2, 0.25) is 0 Å². The van der Waals surface area contributed by atoms with Gasteiger partial charge < -0.3 is 16.0 Å². The Morgan fingerprint density at radius 3 is 2.62 bits per heavy atom. The Hall–Kier alpha value is -1.63. The molecule has 118 valence electrons. The zero-order valence-corrected chi connectivity index (χ0v) is 12.5. The molecule has 1 spiro atoms. The molecule has 0 atom stereocenters. The van der Waals surface area contributed by atoms with E-state index in [1.165, 1.54) is 0 Å². The lowest BCUT2D eigenvalue weighted by Crippen LogP contribution is -2.45. The molecule has 2 aliphatic rings. The molecule has 7 heteroatoms. The Bertz CT molecular complexity index is 418. The molecule has 0 aromatic heterocycles. The Labute approximate surface area is 124 Å². The maximum Gasteiger partial charge on any atom is 0.325 e. The number of imide groups is 1. The van der Waals surface area contributed by atoms with Crippen LogP contribution in [0.4, 0.5) is 4.79 Å². The second-order valence-electron chi connectivity index (χ2n) is 5.71. The summed E-state index contributed by atoms with van der Waals surface area (Å²) in [5.41, 5.74) is -0.736. The van der Waals surface area contributed by atoms with E-state index in [0.717, 1.165) is 30.7 Å². The summed E-state index contributed by atoms with van der Waals surface area (Å²) >= 11 is 0. The van der Waals surface area contributed by atoms with Crippen LogP contribution in [-0.2, 0) is 9.59 Å². The molecule has 7 nitrogen and oxygen atoms in total. The smallest absolute Gasteiger partial charge is 0.325 e. The molecule has 1 saturated carbocycles. The van der Waals surface area contributed by atoms with Crippen molar-refractivity contribution in [2.75, 3.05) is 26.2 Å². The van der Waals surface area contributed by atoms with Crippen LogP contribution in [0.1, 0.15) is 39.0 Å². The van der Waals surface area contributed by atoms with Gasteiger partial charge in [0.1, 0.15) is 12.1 Å². The first kappa shape index (κ1) is 15.8. The largest absolute Gasteiger partial charge is 0.353 e. The van der Waals surface area contributed by atoms with Gasteiger partial charge in [0.25, 0.3) is 5.91 Å². The first-order valence-corrected chi connectivity index (χ1v) is 7.70. The van der Waals surface area contributed by atoms with Gasteiger partial charge in [0.15, 0.2) is 0 Å². The third kappa shape index (κ3) is 3.53. The highest BCUT2D eigenvalue weighted by atomic mass is 16.2. The highest BCUT2D eigenvalue weighted by Crippen LogP contribution is 2.34. The van der Waals surface area contributed by atoms with Gasteiger partial charge in [-0.2, -0.15) is 0 Å². The average Bonchev–Trinajstić information content (AvgIpc) is 3.00. The number of carbonyl (C=O) groups excluding carboxylic acids is 3. The number of urea groups is 1. The molecule has 1 aliphatic heterocycles. The van der Waals surface area contributed by atoms with Crippen LogP contribution in [0.3, 0.4) is 0 Å². The van der Waals surface area contributed by atoms with Gasteiger partial charge in [-0.25, -0.2) is 4.79 Å². The predicted molar refractivity (Wildman–Crippen MR) is 77.6 cm³/mol. The number of carbonyl (C=O) groups is 3. The summed E-state index contributed by atoms with van der Waals surface area (Å²) in [5.74, 6) is -0.545. The van der Waals surface area contributed by atoms with E-state index in [0.29, 0.717) is 25.9 Å². The van der Waals surface area contributed by atoms with Crippen LogP contribution in [0.15, 0.2) is 0 Å². The molecular weight excluding hydrogens is 272 g/mol. The quantitative estimate of drug-likeness (QED) is 0.454. The van der Waals surface area contributed by atoms with Gasteiger partial charge in [0.2, 0.25) is 5.91 Å². The minimum Gasteiger partial charge on any atom is -0.353 e. The number of nitrogens with zero attached hydrogens (tertiary/aromatic N) is 1. The van der Waals surface area contributed by atoms with Crippen molar-refractivity contribution in [2.45, 2.75) is 44.6 Å². The molecule has 0 radical (unpaired) electrons. The summed E-state index contributed by atoms with van der Waals surface area (Å²) in [5, 5.41) is 8.64. The monoisotopic (exact) mass is 296 g/mol. The van der Waals surface area contributed by atoms with Crippen molar-refractivity contribution in [3.05, 3.63) is 0 Å². The number of hydrogen-bond acceptors (Lipinski definition) is 4. The normalized spacial score (nSPS) is 20.1. The molecule has 2 rings (SSSR count). The number of amides is 4. The third-order valence-electron chi connectivity index (χ3n) is 4.06. The van der Waals surface area contributed by atoms with Crippen LogP contribution in [0.25, 0.3) is 0 Å². The first-order chi connectivity index (χ1) is 10.1. The van der Waals surface area contributed by atoms with E-state index in [1.54, 1.807) is 0 Å². The van der Waals surface area contributed by atoms with E-state index in [9.17, 15) is 14.4 Å². The van der Waals surface area contributed by atoms with E-state index in [-0.39, 0.29) is 18.4 Å². The maximum atomic E-state index is 12.3. The van der Waals surface area contributed by atoms with Crippen molar-refractivity contribution in [1.82, 2.24) is 20.9 Å². The minimum absolute atomic E-state index is 0.194. The molecule has 4 amide bonds. The van der Waals surface area contributed by atoms with Gasteiger partial charge in [-0.3, -0.25) is 14.5 Å². The van der Waals surface area contributed by atoms with E-state index >= 15 is 0 Å². The van der Waals surface area contributed by atoms with E-state index in [2.05, 4.69) is 22.9 Å². The van der Waals surface area contributed by atoms with Gasteiger partial charge in [-0.15, -0.1) is 0 Å². The fourth-order valence-corrected chi connectivity index (χ4v) is 2.93. The van der Waals surface area contributed by atoms with Crippen molar-refractivity contribution in [3.63, 3.8) is 0 Å². The highest BCUT2D eigenvalue weighted by molar-refractivity contribution is 6.09. The van der Waals surface area contributed by atoms with Crippen LogP contribution in [0.5, 0.6) is 0 Å². The summed E-state index contributed by atoms with van der Waals surface area (Å²) in [6, 6.07) is -0.443. The number of hydrogen-bond donors (Lipinski definition) is 3. The Morgan fingerprint density at radius 2 is 1.95 bits per heavy atom. The summed E-state index contributed by atoms with van der Waals surface area (Å²) < 4.78 is 0. The molecular formula is C14H24N4O3. The topological polar surface area (TPSA) is 90.5 Å². The van der Waals surface area contributed by atoms with Crippen molar-refractivity contribution >= 4 is 17.8 Å². The van der Waals surface area contributed by atoms with Crippen molar-refractivity contribution < 1.29 is 14.4 Å². The second-order valence-corrected chi connectivity index (χ2v) is 5.71. The van der Waals surface area contributed by atoms with Crippen molar-refractivity contribution in [2.24, 2.45) is 0 Å². The van der Waals surface area contributed by atoms with Crippen LogP contribution in [0, 0.1) is 0 Å². The molecule has 1 saturated heterocycles. The van der Waals surface area contributed by atoms with Crippen LogP contribution >= 0.6 is 0 Å². The molecule has 0 unspecified atom stereocenters. The zero-order valence-electron chi connectivity index (χ0n) is 12.5. The van der Waals surface area contributed by atoms with E-state index in [1.807, 2.05) is 0 Å². The van der Waals surface area contributed by atoms with E-state index in [4.69, 9.17) is 0 Å². The maximum absolute atomic E-state index is 12.3. The SMILES string of the molecule is CCCNCCNC(=O)CN1C(=O)NC2(CCCC2)C1=O. The lowest BCUT2D eigenvalue weighted by atomic mass is 9.98. The predicted octanol–water partition coefficient (Wildman–Crippen LogP) is -0.0332. The standard InChI is InChI=1S/C14H24N4O3/c1-2-7-15-8-9-16-11(19)10-18-12(20)14(17-13(18)21)5-3-4-6-14/h15H,2-10H2,1H3,(H,16,19)(H,17,21). The van der Waals surface area contributed by atoms with Crippen molar-refractivity contribution in [1.29, 1.82) is 0 Å². The minimum atomic E-state index is -0.736. The fourth-order valence-electron chi connectivity index (χ4n) is 2.93. The summed E-state index contributed by atoms with van der Waals surface area (Å²) in [6.45, 7) is 3.96. The van der Waals surface area contributed by atoms with Gasteiger partial charge in [-0.1, -0.05) is 19.8 Å². The summed E-state index contributed by atoms with van der Waals surface area (Å²) in [6.07, 6.45) is 4.27. The molecule has 1 aliphatic carbocycles. The molecule has 1 heterocycles. The lowest BCUT2D eigenvalue weighted by molar-refractivity contribution is -0.134. The number of nitrogens with one attached hydrogen (secondary N) is 3. The lowest BCUT2D eigenvalue weighted by Gasteiger charge is -2.19. The summed E-state index contributed by atoms with van der Waals surface area (Å²) in [7, 11) is 0. The highest BCUT2D eigenvalue weighted by Gasteiger charge is 2.52. The molecule has 0 aromatic rings. The van der Waals surface area contributed by atoms with Gasteiger partial charge in [0.05, 0.1) is 0 Å². The van der Waals surface area contributed by atoms with Crippen LogP contribution in [-0.4, -0.2) is 54.5 Å². The number of rotatable bonds is 7. The summed E-state index contributed by atoms with van der Waals surface area (Å²) in [4.78, 5) is 37.1. The van der Waals surface area contributed by atoms with Gasteiger partial charge in [0, 0.05) is 13.1 Å². The second kappa shape index (κ2) is 6.89.